The SMILES string of the molecule is CCCC/C=C/CCCC(O)C(O)C(CO)NC(=O)C(O)CCCCCCCCCCCCCCCCCCCCCC. The normalized spacial score (nSPS) is 14.7. The summed E-state index contributed by atoms with van der Waals surface area (Å²) < 4.78 is 0. The van der Waals surface area contributed by atoms with E-state index in [-0.39, 0.29) is 0 Å². The van der Waals surface area contributed by atoms with Crippen molar-refractivity contribution in [2.45, 2.75) is 212 Å². The summed E-state index contributed by atoms with van der Waals surface area (Å²) in [6.45, 7) is 3.94. The number of aliphatic hydroxyl groups excluding tert-OH is 4. The fourth-order valence-corrected chi connectivity index (χ4v) is 5.68. The molecule has 0 saturated carbocycles. The lowest BCUT2D eigenvalue weighted by molar-refractivity contribution is -0.132. The third kappa shape index (κ3) is 27.1. The van der Waals surface area contributed by atoms with Crippen LogP contribution in [0.3, 0.4) is 0 Å². The number of amides is 1. The largest absolute Gasteiger partial charge is 0.394 e. The molecule has 0 aromatic carbocycles. The molecule has 4 atom stereocenters. The first-order valence-electron chi connectivity index (χ1n) is 18.6. The molecule has 256 valence electrons. The van der Waals surface area contributed by atoms with Crippen LogP contribution in [0.15, 0.2) is 12.2 Å². The van der Waals surface area contributed by atoms with E-state index >= 15 is 0 Å². The number of carbonyl (C=O) groups excluding carboxylic acids is 1. The number of allylic oxidation sites excluding steroid dienone is 2. The zero-order valence-electron chi connectivity index (χ0n) is 28.5. The maximum absolute atomic E-state index is 12.4. The van der Waals surface area contributed by atoms with Crippen LogP contribution in [-0.4, -0.2) is 57.3 Å². The third-order valence-electron chi connectivity index (χ3n) is 8.73. The first-order valence-corrected chi connectivity index (χ1v) is 18.6. The van der Waals surface area contributed by atoms with Crippen molar-refractivity contribution in [3.05, 3.63) is 12.2 Å². The van der Waals surface area contributed by atoms with Crippen LogP contribution in [0.4, 0.5) is 0 Å². The highest BCUT2D eigenvalue weighted by atomic mass is 16.3. The first-order chi connectivity index (χ1) is 21.0. The van der Waals surface area contributed by atoms with E-state index in [1.165, 1.54) is 116 Å². The fraction of sp³-hybridized carbons (Fsp3) is 0.919. The van der Waals surface area contributed by atoms with Gasteiger partial charge in [0.25, 0.3) is 0 Å². The number of hydrogen-bond acceptors (Lipinski definition) is 5. The molecule has 0 aromatic rings. The molecule has 0 saturated heterocycles. The van der Waals surface area contributed by atoms with E-state index in [4.69, 9.17) is 0 Å². The van der Waals surface area contributed by atoms with Crippen LogP contribution in [0, 0.1) is 0 Å². The average Bonchev–Trinajstić information content (AvgIpc) is 3.01. The fourth-order valence-electron chi connectivity index (χ4n) is 5.68. The van der Waals surface area contributed by atoms with Crippen LogP contribution in [0.2, 0.25) is 0 Å². The van der Waals surface area contributed by atoms with Gasteiger partial charge in [0.05, 0.1) is 18.8 Å². The van der Waals surface area contributed by atoms with E-state index in [1.807, 2.05) is 0 Å². The average molecular weight is 612 g/mol. The van der Waals surface area contributed by atoms with Crippen LogP contribution < -0.4 is 5.32 Å². The summed E-state index contributed by atoms with van der Waals surface area (Å²) in [5.74, 6) is -0.595. The molecular formula is C37H73NO5. The smallest absolute Gasteiger partial charge is 0.249 e. The molecule has 0 spiro atoms. The summed E-state index contributed by atoms with van der Waals surface area (Å²) in [6, 6.07) is -0.993. The summed E-state index contributed by atoms with van der Waals surface area (Å²) in [4.78, 5) is 12.4. The van der Waals surface area contributed by atoms with Crippen molar-refractivity contribution in [1.82, 2.24) is 5.32 Å². The van der Waals surface area contributed by atoms with E-state index in [2.05, 4.69) is 31.3 Å². The molecule has 6 nitrogen and oxygen atoms in total. The molecule has 5 N–H and O–H groups in total. The minimum atomic E-state index is -1.27. The van der Waals surface area contributed by atoms with Gasteiger partial charge in [0, 0.05) is 0 Å². The summed E-state index contributed by atoms with van der Waals surface area (Å²) in [6.07, 6.45) is 32.6. The number of rotatable bonds is 33. The van der Waals surface area contributed by atoms with Crippen LogP contribution in [0.5, 0.6) is 0 Å². The number of hydrogen-bond donors (Lipinski definition) is 5. The van der Waals surface area contributed by atoms with Crippen LogP contribution >= 0.6 is 0 Å². The second kappa shape index (κ2) is 32.4. The lowest BCUT2D eigenvalue weighted by Gasteiger charge is -2.27. The molecule has 1 amide bonds. The quantitative estimate of drug-likeness (QED) is 0.0377. The van der Waals surface area contributed by atoms with Crippen molar-refractivity contribution < 1.29 is 25.2 Å². The molecule has 0 radical (unpaired) electrons. The Morgan fingerprint density at radius 2 is 0.953 bits per heavy atom. The molecule has 0 fully saturated rings. The number of carbonyl (C=O) groups is 1. The molecule has 0 rings (SSSR count). The number of nitrogens with one attached hydrogen (secondary N) is 1. The van der Waals surface area contributed by atoms with Crippen molar-refractivity contribution in [2.75, 3.05) is 6.61 Å². The number of aliphatic hydroxyl groups is 4. The molecule has 43 heavy (non-hydrogen) atoms. The molecule has 0 aliphatic heterocycles. The standard InChI is InChI=1S/C37H73NO5/c1-3-5-7-9-11-12-13-14-15-16-17-18-19-20-21-22-23-25-27-29-31-35(41)37(43)38-33(32-39)36(42)34(40)30-28-26-24-10-8-6-4-2/h10,24,33-36,39-42H,3-9,11-23,25-32H2,1-2H3,(H,38,43)/b24-10+. The highest BCUT2D eigenvalue weighted by Crippen LogP contribution is 2.16. The Balaban J connectivity index is 3.69. The Kier molecular flexibility index (Phi) is 31.7. The predicted octanol–water partition coefficient (Wildman–Crippen LogP) is 8.67. The van der Waals surface area contributed by atoms with Gasteiger partial charge in [0.15, 0.2) is 0 Å². The molecule has 6 heteroatoms. The van der Waals surface area contributed by atoms with Crippen LogP contribution in [0.25, 0.3) is 0 Å². The van der Waals surface area contributed by atoms with Crippen molar-refractivity contribution in [3.63, 3.8) is 0 Å². The van der Waals surface area contributed by atoms with Gasteiger partial charge in [-0.25, -0.2) is 0 Å². The third-order valence-corrected chi connectivity index (χ3v) is 8.73. The maximum atomic E-state index is 12.4. The minimum Gasteiger partial charge on any atom is -0.394 e. The van der Waals surface area contributed by atoms with Gasteiger partial charge in [-0.2, -0.15) is 0 Å². The van der Waals surface area contributed by atoms with Gasteiger partial charge in [0.1, 0.15) is 12.2 Å². The van der Waals surface area contributed by atoms with E-state index in [0.717, 1.165) is 44.9 Å². The molecule has 0 heterocycles. The second-order valence-corrected chi connectivity index (χ2v) is 12.9. The van der Waals surface area contributed by atoms with Crippen molar-refractivity contribution >= 4 is 5.91 Å². The summed E-state index contributed by atoms with van der Waals surface area (Å²) in [5.41, 5.74) is 0. The molecule has 0 aromatic heterocycles. The van der Waals surface area contributed by atoms with E-state index in [0.29, 0.717) is 12.8 Å². The van der Waals surface area contributed by atoms with Gasteiger partial charge >= 0.3 is 0 Å². The van der Waals surface area contributed by atoms with Crippen molar-refractivity contribution in [1.29, 1.82) is 0 Å². The van der Waals surface area contributed by atoms with Crippen LogP contribution in [-0.2, 0) is 4.79 Å². The van der Waals surface area contributed by atoms with E-state index < -0.39 is 36.9 Å². The zero-order valence-corrected chi connectivity index (χ0v) is 28.5. The van der Waals surface area contributed by atoms with Gasteiger partial charge in [-0.15, -0.1) is 0 Å². The van der Waals surface area contributed by atoms with E-state index in [9.17, 15) is 25.2 Å². The second-order valence-electron chi connectivity index (χ2n) is 12.9. The maximum Gasteiger partial charge on any atom is 0.249 e. The molecular weight excluding hydrogens is 538 g/mol. The van der Waals surface area contributed by atoms with Gasteiger partial charge < -0.3 is 25.7 Å². The lowest BCUT2D eigenvalue weighted by Crippen LogP contribution is -2.53. The lowest BCUT2D eigenvalue weighted by atomic mass is 10.00. The first kappa shape index (κ1) is 42.0. The molecule has 0 aliphatic carbocycles. The van der Waals surface area contributed by atoms with Crippen molar-refractivity contribution in [3.8, 4) is 0 Å². The van der Waals surface area contributed by atoms with Crippen molar-refractivity contribution in [2.24, 2.45) is 0 Å². The zero-order chi connectivity index (χ0) is 31.8. The highest BCUT2D eigenvalue weighted by Gasteiger charge is 2.28. The summed E-state index contributed by atoms with van der Waals surface area (Å²) >= 11 is 0. The molecule has 4 unspecified atom stereocenters. The summed E-state index contributed by atoms with van der Waals surface area (Å²) in [5, 5.41) is 43.1. The molecule has 0 bridgehead atoms. The Morgan fingerprint density at radius 1 is 0.558 bits per heavy atom. The van der Waals surface area contributed by atoms with Crippen LogP contribution in [0.1, 0.15) is 187 Å². The Bertz CT molecular complexity index is 614. The Labute approximate surface area is 266 Å². The monoisotopic (exact) mass is 612 g/mol. The highest BCUT2D eigenvalue weighted by molar-refractivity contribution is 5.80. The van der Waals surface area contributed by atoms with Gasteiger partial charge in [0.2, 0.25) is 5.91 Å². The Hall–Kier alpha value is -0.950. The summed E-state index contributed by atoms with van der Waals surface area (Å²) in [7, 11) is 0. The van der Waals surface area contributed by atoms with Gasteiger partial charge in [-0.3, -0.25) is 4.79 Å². The topological polar surface area (TPSA) is 110 Å². The van der Waals surface area contributed by atoms with E-state index in [1.54, 1.807) is 0 Å². The van der Waals surface area contributed by atoms with Gasteiger partial charge in [-0.05, 0) is 32.1 Å². The predicted molar refractivity (Wildman–Crippen MR) is 182 cm³/mol. The Morgan fingerprint density at radius 3 is 1.37 bits per heavy atom. The minimum absolute atomic E-state index is 0.367. The molecule has 0 aliphatic rings. The number of unbranched alkanes of at least 4 members (excludes halogenated alkanes) is 22. The van der Waals surface area contributed by atoms with Gasteiger partial charge in [-0.1, -0.05) is 167 Å².